The minimum Gasteiger partial charge on any atom is -0.352 e. The van der Waals surface area contributed by atoms with Gasteiger partial charge in [-0.3, -0.25) is 9.69 Å². The van der Waals surface area contributed by atoms with Gasteiger partial charge in [0.15, 0.2) is 0 Å². The van der Waals surface area contributed by atoms with Gasteiger partial charge in [-0.15, -0.1) is 0 Å². The largest absolute Gasteiger partial charge is 0.352 e. The molecule has 0 saturated carbocycles. The van der Waals surface area contributed by atoms with Crippen LogP contribution in [0.4, 0.5) is 0 Å². The van der Waals surface area contributed by atoms with Gasteiger partial charge in [0.2, 0.25) is 5.91 Å². The third-order valence-electron chi connectivity index (χ3n) is 6.15. The summed E-state index contributed by atoms with van der Waals surface area (Å²) in [4.78, 5) is 14.9. The van der Waals surface area contributed by atoms with Gasteiger partial charge in [-0.2, -0.15) is 0 Å². The Hall–Kier alpha value is -1.39. The minimum absolute atomic E-state index is 0.199. The van der Waals surface area contributed by atoms with E-state index in [4.69, 9.17) is 0 Å². The number of amides is 1. The number of likely N-dealkylation sites (tertiary alicyclic amines) is 1. The van der Waals surface area contributed by atoms with E-state index >= 15 is 0 Å². The van der Waals surface area contributed by atoms with Gasteiger partial charge in [-0.1, -0.05) is 30.7 Å². The number of nitrogens with zero attached hydrogens (tertiary/aromatic N) is 1. The maximum atomic E-state index is 12.3. The van der Waals surface area contributed by atoms with Crippen LogP contribution in [0.2, 0.25) is 0 Å². The van der Waals surface area contributed by atoms with Crippen LogP contribution in [0.5, 0.6) is 0 Å². The number of benzene rings is 1. The van der Waals surface area contributed by atoms with Crippen LogP contribution in [0.3, 0.4) is 0 Å². The summed E-state index contributed by atoms with van der Waals surface area (Å²) in [5, 5.41) is 6.54. The van der Waals surface area contributed by atoms with E-state index < -0.39 is 0 Å². The van der Waals surface area contributed by atoms with Crippen LogP contribution in [0.1, 0.15) is 63.0 Å². The van der Waals surface area contributed by atoms with Crippen LogP contribution in [0, 0.1) is 5.92 Å². The molecule has 2 saturated heterocycles. The van der Waals surface area contributed by atoms with E-state index in [9.17, 15) is 4.79 Å². The van der Waals surface area contributed by atoms with Gasteiger partial charge in [-0.05, 0) is 75.7 Å². The molecule has 4 heteroatoms. The first-order valence-electron chi connectivity index (χ1n) is 10.5. The molecule has 1 atom stereocenters. The fraction of sp³-hybridized carbons (Fsp3) is 0.682. The summed E-state index contributed by atoms with van der Waals surface area (Å²) in [6, 6.07) is 9.25. The maximum Gasteiger partial charge on any atom is 0.220 e. The van der Waals surface area contributed by atoms with Crippen LogP contribution in [0.25, 0.3) is 0 Å². The van der Waals surface area contributed by atoms with Crippen molar-refractivity contribution >= 4 is 5.91 Å². The molecule has 0 spiro atoms. The predicted octanol–water partition coefficient (Wildman–Crippen LogP) is 3.46. The Labute approximate surface area is 158 Å². The van der Waals surface area contributed by atoms with Crippen molar-refractivity contribution < 1.29 is 4.79 Å². The van der Waals surface area contributed by atoms with E-state index in [-0.39, 0.29) is 5.91 Å². The summed E-state index contributed by atoms with van der Waals surface area (Å²) in [7, 11) is 0. The lowest BCUT2D eigenvalue weighted by atomic mass is 9.93. The second-order valence-corrected chi connectivity index (χ2v) is 8.09. The van der Waals surface area contributed by atoms with Gasteiger partial charge in [0.25, 0.3) is 0 Å². The molecule has 144 valence electrons. The molecule has 0 aliphatic carbocycles. The van der Waals surface area contributed by atoms with Crippen molar-refractivity contribution in [2.24, 2.45) is 5.92 Å². The van der Waals surface area contributed by atoms with Crippen LogP contribution >= 0.6 is 0 Å². The molecule has 2 fully saturated rings. The fourth-order valence-electron chi connectivity index (χ4n) is 4.28. The summed E-state index contributed by atoms with van der Waals surface area (Å²) in [5.41, 5.74) is 2.63. The van der Waals surface area contributed by atoms with Crippen LogP contribution in [0.15, 0.2) is 24.3 Å². The predicted molar refractivity (Wildman–Crippen MR) is 107 cm³/mol. The Morgan fingerprint density at radius 2 is 1.92 bits per heavy atom. The number of rotatable bonds is 7. The minimum atomic E-state index is 0.199. The molecule has 1 aromatic carbocycles. The third-order valence-corrected chi connectivity index (χ3v) is 6.15. The number of hydrogen-bond acceptors (Lipinski definition) is 3. The zero-order chi connectivity index (χ0) is 18.2. The Bertz CT molecular complexity index is 568. The van der Waals surface area contributed by atoms with Crippen LogP contribution < -0.4 is 10.6 Å². The number of carbonyl (C=O) groups is 1. The molecule has 3 rings (SSSR count). The standard InChI is InChI=1S/C22H35N3O/c1-18-6-4-5-15-25(18)17-21-8-3-2-7-20(21)16-24-22(26)10-9-19-11-13-23-14-12-19/h2-3,7-8,18-19,23H,4-6,9-17H2,1H3,(H,24,26). The summed E-state index contributed by atoms with van der Waals surface area (Å²) in [5.74, 6) is 0.916. The summed E-state index contributed by atoms with van der Waals surface area (Å²) in [6.07, 6.45) is 8.08. The van der Waals surface area contributed by atoms with Crippen molar-refractivity contribution in [3.05, 3.63) is 35.4 Å². The average Bonchev–Trinajstić information content (AvgIpc) is 2.68. The molecule has 0 bridgehead atoms. The van der Waals surface area contributed by atoms with Crippen molar-refractivity contribution in [2.75, 3.05) is 19.6 Å². The van der Waals surface area contributed by atoms with E-state index in [2.05, 4.69) is 46.7 Å². The van der Waals surface area contributed by atoms with Crippen molar-refractivity contribution in [1.29, 1.82) is 0 Å². The average molecular weight is 358 g/mol. The van der Waals surface area contributed by atoms with Crippen molar-refractivity contribution in [3.8, 4) is 0 Å². The molecule has 0 aromatic heterocycles. The lowest BCUT2D eigenvalue weighted by Crippen LogP contribution is -2.37. The fourth-order valence-corrected chi connectivity index (χ4v) is 4.28. The van der Waals surface area contributed by atoms with Gasteiger partial charge < -0.3 is 10.6 Å². The molecular formula is C22H35N3O. The molecule has 2 heterocycles. The first-order valence-corrected chi connectivity index (χ1v) is 10.5. The van der Waals surface area contributed by atoms with E-state index in [0.717, 1.165) is 32.0 Å². The molecule has 0 radical (unpaired) electrons. The molecule has 2 aliphatic rings. The Kier molecular flexibility index (Phi) is 7.51. The van der Waals surface area contributed by atoms with Gasteiger partial charge in [0.1, 0.15) is 0 Å². The highest BCUT2D eigenvalue weighted by Crippen LogP contribution is 2.21. The highest BCUT2D eigenvalue weighted by atomic mass is 16.1. The normalized spacial score (nSPS) is 22.3. The van der Waals surface area contributed by atoms with Crippen molar-refractivity contribution in [3.63, 3.8) is 0 Å². The highest BCUT2D eigenvalue weighted by Gasteiger charge is 2.19. The summed E-state index contributed by atoms with van der Waals surface area (Å²) >= 11 is 0. The van der Waals surface area contributed by atoms with Gasteiger partial charge >= 0.3 is 0 Å². The van der Waals surface area contributed by atoms with Gasteiger partial charge in [-0.25, -0.2) is 0 Å². The van der Waals surface area contributed by atoms with Gasteiger partial charge in [0.05, 0.1) is 0 Å². The quantitative estimate of drug-likeness (QED) is 0.785. The summed E-state index contributed by atoms with van der Waals surface area (Å²) < 4.78 is 0. The molecule has 4 nitrogen and oxygen atoms in total. The molecule has 2 aliphatic heterocycles. The second-order valence-electron chi connectivity index (χ2n) is 8.09. The smallest absolute Gasteiger partial charge is 0.220 e. The zero-order valence-corrected chi connectivity index (χ0v) is 16.3. The number of hydrogen-bond donors (Lipinski definition) is 2. The zero-order valence-electron chi connectivity index (χ0n) is 16.3. The Morgan fingerprint density at radius 1 is 1.15 bits per heavy atom. The van der Waals surface area contributed by atoms with E-state index in [1.165, 1.54) is 49.8 Å². The first kappa shape index (κ1) is 19.4. The number of piperidine rings is 2. The SMILES string of the molecule is CC1CCCCN1Cc1ccccc1CNC(=O)CCC1CCNCC1. The molecular weight excluding hydrogens is 322 g/mol. The molecule has 1 amide bonds. The topological polar surface area (TPSA) is 44.4 Å². The lowest BCUT2D eigenvalue weighted by molar-refractivity contribution is -0.121. The molecule has 26 heavy (non-hydrogen) atoms. The van der Waals surface area contributed by atoms with Crippen molar-refractivity contribution in [2.45, 2.75) is 71.0 Å². The van der Waals surface area contributed by atoms with E-state index in [1.807, 2.05) is 0 Å². The Morgan fingerprint density at radius 3 is 2.69 bits per heavy atom. The monoisotopic (exact) mass is 357 g/mol. The molecule has 1 aromatic rings. The Balaban J connectivity index is 1.47. The van der Waals surface area contributed by atoms with E-state index in [0.29, 0.717) is 19.0 Å². The van der Waals surface area contributed by atoms with E-state index in [1.54, 1.807) is 0 Å². The van der Waals surface area contributed by atoms with Crippen LogP contribution in [-0.4, -0.2) is 36.5 Å². The third kappa shape index (κ3) is 5.82. The van der Waals surface area contributed by atoms with Crippen LogP contribution in [-0.2, 0) is 17.9 Å². The second kappa shape index (κ2) is 10.1. The number of nitrogens with one attached hydrogen (secondary N) is 2. The first-order chi connectivity index (χ1) is 12.7. The van der Waals surface area contributed by atoms with Gasteiger partial charge in [0, 0.05) is 25.6 Å². The lowest BCUT2D eigenvalue weighted by Gasteiger charge is -2.33. The molecule has 2 N–H and O–H groups in total. The maximum absolute atomic E-state index is 12.3. The molecule has 1 unspecified atom stereocenters. The summed E-state index contributed by atoms with van der Waals surface area (Å²) in [6.45, 7) is 7.40. The number of carbonyl (C=O) groups excluding carboxylic acids is 1. The van der Waals surface area contributed by atoms with Crippen molar-refractivity contribution in [1.82, 2.24) is 15.5 Å². The highest BCUT2D eigenvalue weighted by molar-refractivity contribution is 5.75.